The summed E-state index contributed by atoms with van der Waals surface area (Å²) in [5, 5.41) is 8.08. The Morgan fingerprint density at radius 3 is 2.93 bits per heavy atom. The Balaban J connectivity index is 2.67. The fourth-order valence-electron chi connectivity index (χ4n) is 1.16. The average molecular weight is 195 g/mol. The average Bonchev–Trinajstić information content (AvgIpc) is 2.52. The highest BCUT2D eigenvalue weighted by atomic mass is 15.4. The highest BCUT2D eigenvalue weighted by Gasteiger charge is 2.05. The van der Waals surface area contributed by atoms with Gasteiger partial charge < -0.3 is 10.6 Å². The van der Waals surface area contributed by atoms with Gasteiger partial charge in [0.25, 0.3) is 0 Å². The van der Waals surface area contributed by atoms with Crippen molar-refractivity contribution in [3.63, 3.8) is 0 Å². The smallest absolute Gasteiger partial charge is 0.0967 e. The van der Waals surface area contributed by atoms with Crippen LogP contribution in [-0.4, -0.2) is 34.0 Å². The van der Waals surface area contributed by atoms with Crippen molar-refractivity contribution in [2.24, 2.45) is 5.73 Å². The van der Waals surface area contributed by atoms with Crippen molar-refractivity contribution in [3.05, 3.63) is 24.2 Å². The minimum Gasteiger partial charge on any atom is -0.405 e. The van der Waals surface area contributed by atoms with Gasteiger partial charge in [0.2, 0.25) is 0 Å². The van der Waals surface area contributed by atoms with E-state index in [1.54, 1.807) is 4.68 Å². The zero-order valence-corrected chi connectivity index (χ0v) is 8.88. The van der Waals surface area contributed by atoms with E-state index in [2.05, 4.69) is 15.2 Å². The molecule has 0 bridgehead atoms. The first-order chi connectivity index (χ1) is 6.63. The summed E-state index contributed by atoms with van der Waals surface area (Å²) < 4.78 is 1.79. The zero-order chi connectivity index (χ0) is 10.6. The molecule has 78 valence electrons. The Hall–Kier alpha value is -1.36. The van der Waals surface area contributed by atoms with Gasteiger partial charge in [0.05, 0.1) is 17.9 Å². The molecule has 0 amide bonds. The second-order valence-corrected chi connectivity index (χ2v) is 3.55. The minimum atomic E-state index is 0.156. The molecule has 0 aliphatic rings. The monoisotopic (exact) mass is 195 g/mol. The largest absolute Gasteiger partial charge is 0.405 e. The van der Waals surface area contributed by atoms with Gasteiger partial charge in [-0.15, -0.1) is 5.10 Å². The lowest BCUT2D eigenvalue weighted by Gasteiger charge is -2.05. The van der Waals surface area contributed by atoms with E-state index in [9.17, 15) is 0 Å². The van der Waals surface area contributed by atoms with Crippen LogP contribution in [0.4, 0.5) is 0 Å². The third kappa shape index (κ3) is 2.85. The first-order valence-electron chi connectivity index (χ1n) is 4.57. The molecule has 5 heteroatoms. The maximum absolute atomic E-state index is 5.30. The van der Waals surface area contributed by atoms with Crippen LogP contribution in [0.25, 0.3) is 0 Å². The van der Waals surface area contributed by atoms with Gasteiger partial charge in [0.15, 0.2) is 0 Å². The van der Waals surface area contributed by atoms with Crippen LogP contribution in [0.2, 0.25) is 0 Å². The van der Waals surface area contributed by atoms with E-state index < -0.39 is 0 Å². The van der Waals surface area contributed by atoms with Gasteiger partial charge in [0, 0.05) is 6.54 Å². The fourth-order valence-corrected chi connectivity index (χ4v) is 1.16. The maximum atomic E-state index is 5.30. The molecule has 0 saturated carbocycles. The van der Waals surface area contributed by atoms with Crippen molar-refractivity contribution in [1.29, 1.82) is 0 Å². The second kappa shape index (κ2) is 4.76. The molecule has 1 aromatic heterocycles. The molecular formula is C9H17N5. The van der Waals surface area contributed by atoms with Gasteiger partial charge in [0.1, 0.15) is 0 Å². The zero-order valence-electron chi connectivity index (χ0n) is 8.88. The predicted molar refractivity (Wildman–Crippen MR) is 55.5 cm³/mol. The number of nitrogens with two attached hydrogens (primary N) is 1. The Morgan fingerprint density at radius 1 is 1.64 bits per heavy atom. The summed E-state index contributed by atoms with van der Waals surface area (Å²) in [5.41, 5.74) is 6.27. The summed E-state index contributed by atoms with van der Waals surface area (Å²) in [6.45, 7) is 2.82. The van der Waals surface area contributed by atoms with Crippen LogP contribution < -0.4 is 5.73 Å². The highest BCUT2D eigenvalue weighted by Crippen LogP contribution is 2.06. The lowest BCUT2D eigenvalue weighted by atomic mass is 10.3. The van der Waals surface area contributed by atoms with Gasteiger partial charge in [-0.3, -0.25) is 0 Å². The van der Waals surface area contributed by atoms with Gasteiger partial charge in [-0.2, -0.15) is 0 Å². The van der Waals surface area contributed by atoms with Gasteiger partial charge >= 0.3 is 0 Å². The number of aromatic nitrogens is 3. The Morgan fingerprint density at radius 2 is 2.36 bits per heavy atom. The molecule has 0 aromatic carbocycles. The van der Waals surface area contributed by atoms with Crippen LogP contribution in [-0.2, 0) is 6.54 Å². The van der Waals surface area contributed by atoms with E-state index in [1.165, 1.54) is 6.20 Å². The Bertz CT molecular complexity index is 302. The molecule has 2 N–H and O–H groups in total. The molecule has 14 heavy (non-hydrogen) atoms. The van der Waals surface area contributed by atoms with Crippen molar-refractivity contribution >= 4 is 0 Å². The lowest BCUT2D eigenvalue weighted by Crippen LogP contribution is -2.10. The standard InChI is InChI=1S/C9H17N5/c1-8(4-5-10)14-7-9(11-12-14)6-13(2)3/h4-5,7-8H,6,10H2,1-3H3. The molecule has 0 aliphatic heterocycles. The minimum absolute atomic E-state index is 0.156. The third-order valence-electron chi connectivity index (χ3n) is 1.84. The molecule has 1 atom stereocenters. The summed E-state index contributed by atoms with van der Waals surface area (Å²) in [6.07, 6.45) is 5.33. The second-order valence-electron chi connectivity index (χ2n) is 3.55. The predicted octanol–water partition coefficient (Wildman–Crippen LogP) is 0.373. The molecule has 0 radical (unpaired) electrons. The molecule has 0 aliphatic carbocycles. The Kier molecular flexibility index (Phi) is 3.64. The molecule has 0 spiro atoms. The summed E-state index contributed by atoms with van der Waals surface area (Å²) in [5.74, 6) is 0. The van der Waals surface area contributed by atoms with Crippen LogP contribution in [0.3, 0.4) is 0 Å². The van der Waals surface area contributed by atoms with Crippen LogP contribution in [0.5, 0.6) is 0 Å². The number of hydrogen-bond acceptors (Lipinski definition) is 4. The van der Waals surface area contributed by atoms with E-state index in [4.69, 9.17) is 5.73 Å². The van der Waals surface area contributed by atoms with Crippen molar-refractivity contribution in [1.82, 2.24) is 19.9 Å². The van der Waals surface area contributed by atoms with Gasteiger partial charge in [-0.05, 0) is 33.3 Å². The highest BCUT2D eigenvalue weighted by molar-refractivity contribution is 4.95. The van der Waals surface area contributed by atoms with Crippen LogP contribution in [0, 0.1) is 0 Å². The van der Waals surface area contributed by atoms with E-state index in [0.717, 1.165) is 12.2 Å². The number of allylic oxidation sites excluding steroid dienone is 1. The SMILES string of the molecule is CC(C=CN)n1cc(CN(C)C)nn1. The summed E-state index contributed by atoms with van der Waals surface area (Å²) >= 11 is 0. The van der Waals surface area contributed by atoms with E-state index in [0.29, 0.717) is 0 Å². The molecule has 0 fully saturated rings. The first-order valence-corrected chi connectivity index (χ1v) is 4.57. The molecule has 1 aromatic rings. The molecule has 1 heterocycles. The molecular weight excluding hydrogens is 178 g/mol. The molecule has 5 nitrogen and oxygen atoms in total. The van der Waals surface area contributed by atoms with E-state index >= 15 is 0 Å². The topological polar surface area (TPSA) is 60.0 Å². The third-order valence-corrected chi connectivity index (χ3v) is 1.84. The van der Waals surface area contributed by atoms with Crippen LogP contribution >= 0.6 is 0 Å². The summed E-state index contributed by atoms with van der Waals surface area (Å²) in [4.78, 5) is 2.05. The van der Waals surface area contributed by atoms with Crippen molar-refractivity contribution in [2.75, 3.05) is 14.1 Å². The molecule has 0 saturated heterocycles. The number of rotatable bonds is 4. The van der Waals surface area contributed by atoms with Gasteiger partial charge in [-0.1, -0.05) is 5.21 Å². The van der Waals surface area contributed by atoms with Crippen LogP contribution in [0.1, 0.15) is 18.7 Å². The van der Waals surface area contributed by atoms with Crippen LogP contribution in [0.15, 0.2) is 18.5 Å². The Labute approximate surface area is 84.2 Å². The summed E-state index contributed by atoms with van der Waals surface area (Å²) in [7, 11) is 4.00. The molecule has 1 rings (SSSR count). The first kappa shape index (κ1) is 10.7. The molecule has 1 unspecified atom stereocenters. The quantitative estimate of drug-likeness (QED) is 0.754. The van der Waals surface area contributed by atoms with Crippen molar-refractivity contribution in [2.45, 2.75) is 19.5 Å². The van der Waals surface area contributed by atoms with E-state index in [1.807, 2.05) is 33.3 Å². The van der Waals surface area contributed by atoms with Gasteiger partial charge in [-0.25, -0.2) is 4.68 Å². The van der Waals surface area contributed by atoms with E-state index in [-0.39, 0.29) is 6.04 Å². The fraction of sp³-hybridized carbons (Fsp3) is 0.556. The lowest BCUT2D eigenvalue weighted by molar-refractivity contribution is 0.396. The van der Waals surface area contributed by atoms with Crippen molar-refractivity contribution in [3.8, 4) is 0 Å². The number of nitrogens with zero attached hydrogens (tertiary/aromatic N) is 4. The maximum Gasteiger partial charge on any atom is 0.0967 e. The summed E-state index contributed by atoms with van der Waals surface area (Å²) in [6, 6.07) is 0.156. The number of hydrogen-bond donors (Lipinski definition) is 1. The van der Waals surface area contributed by atoms with Crippen molar-refractivity contribution < 1.29 is 0 Å². The normalized spacial score (nSPS) is 14.0.